The average Bonchev–Trinajstić information content (AvgIpc) is 2.96. The van der Waals surface area contributed by atoms with Gasteiger partial charge in [0.25, 0.3) is 5.91 Å². The number of carbonyl (C=O) groups excluding carboxylic acids is 1. The van der Waals surface area contributed by atoms with Crippen molar-refractivity contribution in [3.8, 4) is 0 Å². The topological polar surface area (TPSA) is 103 Å². The third-order valence-electron chi connectivity index (χ3n) is 7.97. The van der Waals surface area contributed by atoms with Crippen molar-refractivity contribution in [1.82, 2.24) is 14.8 Å². The van der Waals surface area contributed by atoms with Crippen LogP contribution in [-0.4, -0.2) is 71.8 Å². The summed E-state index contributed by atoms with van der Waals surface area (Å²) >= 11 is 5.95. The van der Waals surface area contributed by atoms with Gasteiger partial charge in [0.05, 0.1) is 0 Å². The van der Waals surface area contributed by atoms with Gasteiger partial charge in [0.15, 0.2) is 4.75 Å². The lowest BCUT2D eigenvalue weighted by atomic mass is 9.93. The van der Waals surface area contributed by atoms with Crippen molar-refractivity contribution in [3.05, 3.63) is 58.9 Å². The number of halogens is 6. The lowest BCUT2D eigenvalue weighted by Gasteiger charge is -2.43. The summed E-state index contributed by atoms with van der Waals surface area (Å²) in [5.74, 6) is -5.94. The summed E-state index contributed by atoms with van der Waals surface area (Å²) in [6.07, 6.45) is -5.58. The molecule has 2 aliphatic rings. The van der Waals surface area contributed by atoms with Gasteiger partial charge in [-0.05, 0) is 68.0 Å². The Labute approximate surface area is 239 Å². The first kappa shape index (κ1) is 31.4. The monoisotopic (exact) mass is 624 g/mol. The van der Waals surface area contributed by atoms with E-state index in [-0.39, 0.29) is 50.5 Å². The number of hydroxylamine groups is 1. The first-order valence-corrected chi connectivity index (χ1v) is 14.9. The molecule has 0 bridgehead atoms. The first-order chi connectivity index (χ1) is 19.2. The highest BCUT2D eigenvalue weighted by atomic mass is 35.5. The molecule has 2 aliphatic heterocycles. The average molecular weight is 625 g/mol. The Hall–Kier alpha value is -2.55. The molecule has 2 saturated heterocycles. The minimum absolute atomic E-state index is 0.0410. The second kappa shape index (κ2) is 12.0. The van der Waals surface area contributed by atoms with E-state index in [4.69, 9.17) is 11.6 Å². The molecular weight excluding hydrogens is 595 g/mol. The number of amides is 1. The number of aromatic nitrogens is 1. The van der Waals surface area contributed by atoms with Crippen molar-refractivity contribution in [2.45, 2.75) is 61.3 Å². The molecule has 4 rings (SSSR count). The maximum Gasteiger partial charge on any atom is 0.453 e. The van der Waals surface area contributed by atoms with Crippen molar-refractivity contribution >= 4 is 33.2 Å². The molecule has 226 valence electrons. The van der Waals surface area contributed by atoms with Crippen LogP contribution in [0.3, 0.4) is 0 Å². The van der Waals surface area contributed by atoms with Crippen LogP contribution in [-0.2, 0) is 21.2 Å². The molecular formula is C26H30ClF5N4O4S. The highest BCUT2D eigenvalue weighted by Gasteiger charge is 2.57. The van der Waals surface area contributed by atoms with E-state index in [1.54, 1.807) is 35.8 Å². The number of piperidine rings is 2. The number of sulfonamides is 1. The molecule has 3 heterocycles. The number of benzene rings is 1. The van der Waals surface area contributed by atoms with Crippen LogP contribution in [0, 0.1) is 0 Å². The van der Waals surface area contributed by atoms with Crippen LogP contribution in [0.2, 0.25) is 5.02 Å². The van der Waals surface area contributed by atoms with Gasteiger partial charge in [0.1, 0.15) is 0 Å². The van der Waals surface area contributed by atoms with Gasteiger partial charge < -0.3 is 4.90 Å². The summed E-state index contributed by atoms with van der Waals surface area (Å²) in [6, 6.07) is 10.1. The van der Waals surface area contributed by atoms with Gasteiger partial charge in [-0.15, -0.1) is 0 Å². The summed E-state index contributed by atoms with van der Waals surface area (Å²) in [5, 5.41) is 10.0. The Bertz CT molecular complexity index is 1310. The quantitative estimate of drug-likeness (QED) is 0.246. The molecule has 2 fully saturated rings. The van der Waals surface area contributed by atoms with E-state index in [9.17, 15) is 40.4 Å². The van der Waals surface area contributed by atoms with Crippen LogP contribution < -0.4 is 10.4 Å². The predicted octanol–water partition coefficient (Wildman–Crippen LogP) is 4.92. The Kier molecular flexibility index (Phi) is 9.17. The minimum atomic E-state index is -5.61. The van der Waals surface area contributed by atoms with E-state index in [2.05, 4.69) is 4.98 Å². The summed E-state index contributed by atoms with van der Waals surface area (Å²) in [5.41, 5.74) is 3.19. The lowest BCUT2D eigenvalue weighted by Crippen LogP contribution is -2.62. The number of hydrogen-bond acceptors (Lipinski definition) is 6. The van der Waals surface area contributed by atoms with E-state index in [1.165, 1.54) is 16.6 Å². The van der Waals surface area contributed by atoms with Gasteiger partial charge in [-0.25, -0.2) is 18.2 Å². The number of rotatable bonds is 8. The Morgan fingerprint density at radius 1 is 1.02 bits per heavy atom. The molecule has 1 aromatic heterocycles. The fourth-order valence-electron chi connectivity index (χ4n) is 5.39. The van der Waals surface area contributed by atoms with Gasteiger partial charge in [0.2, 0.25) is 10.0 Å². The summed E-state index contributed by atoms with van der Waals surface area (Å²) in [7, 11) is -4.19. The van der Waals surface area contributed by atoms with Crippen molar-refractivity contribution in [3.63, 3.8) is 0 Å². The molecule has 0 spiro atoms. The lowest BCUT2D eigenvalue weighted by molar-refractivity contribution is -0.284. The molecule has 0 atom stereocenters. The summed E-state index contributed by atoms with van der Waals surface area (Å²) < 4.78 is 90.7. The second-order valence-corrected chi connectivity index (χ2v) is 13.1. The van der Waals surface area contributed by atoms with E-state index in [1.807, 2.05) is 4.90 Å². The molecule has 0 radical (unpaired) electrons. The second-order valence-electron chi connectivity index (χ2n) is 10.4. The van der Waals surface area contributed by atoms with Gasteiger partial charge >= 0.3 is 12.1 Å². The fraction of sp³-hybridized carbons (Fsp3) is 0.538. The third kappa shape index (κ3) is 6.45. The van der Waals surface area contributed by atoms with Gasteiger partial charge in [-0.1, -0.05) is 17.7 Å². The van der Waals surface area contributed by atoms with Crippen molar-refractivity contribution in [2.75, 3.05) is 31.1 Å². The van der Waals surface area contributed by atoms with Crippen LogP contribution >= 0.6 is 11.6 Å². The van der Waals surface area contributed by atoms with Crippen LogP contribution in [0.5, 0.6) is 0 Å². The maximum atomic E-state index is 13.8. The molecule has 8 nitrogen and oxygen atoms in total. The number of alkyl halides is 5. The predicted molar refractivity (Wildman–Crippen MR) is 142 cm³/mol. The number of nitrogens with zero attached hydrogens (tertiary/aromatic N) is 3. The highest BCUT2D eigenvalue weighted by molar-refractivity contribution is 7.91. The van der Waals surface area contributed by atoms with E-state index in [0.29, 0.717) is 23.6 Å². The minimum Gasteiger partial charge on any atom is -0.371 e. The zero-order valence-electron chi connectivity index (χ0n) is 21.9. The largest absolute Gasteiger partial charge is 0.453 e. The fourth-order valence-corrected chi connectivity index (χ4v) is 7.68. The van der Waals surface area contributed by atoms with Gasteiger partial charge in [-0.3, -0.25) is 15.0 Å². The summed E-state index contributed by atoms with van der Waals surface area (Å²) in [4.78, 5) is 19.0. The van der Waals surface area contributed by atoms with Crippen molar-refractivity contribution in [1.29, 1.82) is 0 Å². The Morgan fingerprint density at radius 2 is 1.63 bits per heavy atom. The Morgan fingerprint density at radius 3 is 2.15 bits per heavy atom. The van der Waals surface area contributed by atoms with Gasteiger partial charge in [-0.2, -0.15) is 22.0 Å². The van der Waals surface area contributed by atoms with Crippen LogP contribution in [0.25, 0.3) is 0 Å². The molecule has 2 N–H and O–H groups in total. The van der Waals surface area contributed by atoms with Crippen molar-refractivity contribution < 1.29 is 40.4 Å². The normalized spacial score (nSPS) is 19.2. The number of aryl methyl sites for hydroxylation is 1. The SMILES string of the molecule is O=C(NO)C1(S(=O)(=O)N2CCC(c3ccc(CCC(F)(F)C(F)(F)F)cn3)CC2)CCN(c2ccc(Cl)cc2)CC1. The zero-order valence-corrected chi connectivity index (χ0v) is 23.5. The number of carbonyl (C=O) groups is 1. The van der Waals surface area contributed by atoms with E-state index in [0.717, 1.165) is 5.69 Å². The smallest absolute Gasteiger partial charge is 0.371 e. The number of pyridine rings is 1. The summed E-state index contributed by atoms with van der Waals surface area (Å²) in [6.45, 7) is 0.705. The van der Waals surface area contributed by atoms with Gasteiger partial charge in [0, 0.05) is 61.1 Å². The van der Waals surface area contributed by atoms with Crippen LogP contribution in [0.15, 0.2) is 42.6 Å². The molecule has 0 unspecified atom stereocenters. The zero-order chi connectivity index (χ0) is 30.1. The number of anilines is 1. The molecule has 0 saturated carbocycles. The van der Waals surface area contributed by atoms with E-state index < -0.39 is 45.6 Å². The number of nitrogens with one attached hydrogen (secondary N) is 1. The van der Waals surface area contributed by atoms with Crippen LogP contribution in [0.4, 0.5) is 27.6 Å². The van der Waals surface area contributed by atoms with Crippen LogP contribution in [0.1, 0.15) is 49.3 Å². The first-order valence-electron chi connectivity index (χ1n) is 13.0. The van der Waals surface area contributed by atoms with E-state index >= 15 is 0 Å². The molecule has 15 heteroatoms. The molecule has 41 heavy (non-hydrogen) atoms. The third-order valence-corrected chi connectivity index (χ3v) is 10.9. The molecule has 0 aliphatic carbocycles. The van der Waals surface area contributed by atoms with Crippen molar-refractivity contribution in [2.24, 2.45) is 0 Å². The molecule has 1 amide bonds. The highest BCUT2D eigenvalue weighted by Crippen LogP contribution is 2.40. The maximum absolute atomic E-state index is 13.8. The Balaban J connectivity index is 1.39. The number of hydrogen-bond donors (Lipinski definition) is 2. The standard InChI is InChI=1S/C26H30ClF5N4O4S/c27-20-2-4-21(5-3-20)35-15-11-24(12-16-35,23(37)34-38)41(39,40)36-13-8-19(9-14-36)22-6-1-18(17-33-22)7-10-25(28,29)26(30,31)32/h1-6,17,19,38H,7-16H2,(H,34,37). The molecule has 2 aromatic rings. The molecule has 1 aromatic carbocycles.